The van der Waals surface area contributed by atoms with Crippen molar-refractivity contribution in [2.24, 2.45) is 5.92 Å². The Morgan fingerprint density at radius 3 is 2.12 bits per heavy atom. The van der Waals surface area contributed by atoms with Crippen molar-refractivity contribution < 1.29 is 42.7 Å². The van der Waals surface area contributed by atoms with Crippen LogP contribution in [0.1, 0.15) is 53.0 Å². The Morgan fingerprint density at radius 2 is 1.50 bits per heavy atom. The molecule has 1 heterocycles. The van der Waals surface area contributed by atoms with E-state index in [1.165, 1.54) is 23.1 Å². The fraction of sp³-hybridized carbons (Fsp3) is 0.314. The predicted molar refractivity (Wildman–Crippen MR) is 171 cm³/mol. The highest BCUT2D eigenvalue weighted by Crippen LogP contribution is 2.25. The van der Waals surface area contributed by atoms with Crippen LogP contribution in [-0.4, -0.2) is 76.0 Å². The van der Waals surface area contributed by atoms with Crippen LogP contribution in [0.25, 0.3) is 0 Å². The number of likely N-dealkylation sites (tertiary alicyclic amines) is 1. The van der Waals surface area contributed by atoms with Gasteiger partial charge >= 0.3 is 17.8 Å². The molecule has 13 heteroatoms. The van der Waals surface area contributed by atoms with E-state index in [9.17, 15) is 33.9 Å². The lowest BCUT2D eigenvalue weighted by Gasteiger charge is -2.31. The van der Waals surface area contributed by atoms with Crippen LogP contribution < -0.4 is 16.0 Å². The van der Waals surface area contributed by atoms with Crippen LogP contribution in [0.3, 0.4) is 0 Å². The Kier molecular flexibility index (Phi) is 11.4. The van der Waals surface area contributed by atoms with Crippen LogP contribution in [0.15, 0.2) is 84.9 Å². The molecule has 1 saturated heterocycles. The summed E-state index contributed by atoms with van der Waals surface area (Å²) in [7, 11) is 0. The summed E-state index contributed by atoms with van der Waals surface area (Å²) in [6, 6.07) is 16.9. The molecule has 4 N–H and O–H groups in total. The number of nitrogens with one attached hydrogen (secondary N) is 3. The number of aromatic carboxylic acids is 1. The number of carbonyl (C=O) groups is 6. The zero-order chi connectivity index (χ0) is 35.0. The molecular weight excluding hydrogens is 626 g/mol. The largest absolute Gasteiger partial charge is 0.478 e. The Labute approximate surface area is 275 Å². The van der Waals surface area contributed by atoms with Crippen molar-refractivity contribution in [3.63, 3.8) is 0 Å². The molecular formula is C35H36F2N4O7. The smallest absolute Gasteiger partial charge is 0.383 e. The van der Waals surface area contributed by atoms with Gasteiger partial charge in [-0.1, -0.05) is 68.4 Å². The molecule has 1 unspecified atom stereocenters. The molecule has 3 aromatic rings. The highest BCUT2D eigenvalue weighted by molar-refractivity contribution is 6.15. The Bertz CT molecular complexity index is 1670. The lowest BCUT2D eigenvalue weighted by atomic mass is 9.97. The molecule has 3 aromatic carbocycles. The summed E-state index contributed by atoms with van der Waals surface area (Å²) in [6.07, 6.45) is 0.204. The monoisotopic (exact) mass is 662 g/mol. The second kappa shape index (κ2) is 15.4. The van der Waals surface area contributed by atoms with Gasteiger partial charge < -0.3 is 26.0 Å². The average Bonchev–Trinajstić information content (AvgIpc) is 3.57. The lowest BCUT2D eigenvalue weighted by Crippen LogP contribution is -2.59. The minimum absolute atomic E-state index is 0.159. The summed E-state index contributed by atoms with van der Waals surface area (Å²) >= 11 is 0. The number of halogens is 2. The first-order chi connectivity index (χ1) is 22.8. The van der Waals surface area contributed by atoms with Gasteiger partial charge in [-0.05, 0) is 54.7 Å². The molecule has 0 aliphatic carbocycles. The van der Waals surface area contributed by atoms with E-state index < -0.39 is 59.4 Å². The fourth-order valence-electron chi connectivity index (χ4n) is 5.41. The number of ketones is 1. The summed E-state index contributed by atoms with van der Waals surface area (Å²) in [5.41, 5.74) is 0.222. The first kappa shape index (κ1) is 35.4. The van der Waals surface area contributed by atoms with Crippen molar-refractivity contribution in [2.75, 3.05) is 11.9 Å². The first-order valence-electron chi connectivity index (χ1n) is 15.4. The SMILES string of the molecule is CC(C)[C@H](NC(=O)c1ccccc1)C(=O)N1CCC[C@H]1C(=O)NC(Cc1ccccc1)C(=O)C(F)(F)C(=O)Nc1cccc(C(=O)O)c1. The number of carboxylic acid groups (broad SMARTS) is 1. The van der Waals surface area contributed by atoms with Gasteiger partial charge in [0.25, 0.3) is 5.91 Å². The van der Waals surface area contributed by atoms with E-state index in [0.717, 1.165) is 6.07 Å². The van der Waals surface area contributed by atoms with Crippen LogP contribution >= 0.6 is 0 Å². The maximum absolute atomic E-state index is 15.5. The normalized spacial score (nSPS) is 15.7. The van der Waals surface area contributed by atoms with Crippen molar-refractivity contribution in [3.8, 4) is 0 Å². The summed E-state index contributed by atoms with van der Waals surface area (Å²) in [5, 5.41) is 16.2. The Hall–Kier alpha value is -5.46. The van der Waals surface area contributed by atoms with E-state index in [1.54, 1.807) is 74.5 Å². The zero-order valence-electron chi connectivity index (χ0n) is 26.3. The number of carboxylic acids is 1. The fourth-order valence-corrected chi connectivity index (χ4v) is 5.41. The second-order valence-corrected chi connectivity index (χ2v) is 11.8. The number of benzene rings is 3. The molecule has 4 amide bonds. The quantitative estimate of drug-likeness (QED) is 0.203. The van der Waals surface area contributed by atoms with Gasteiger partial charge in [0.15, 0.2) is 0 Å². The van der Waals surface area contributed by atoms with Crippen LogP contribution in [-0.2, 0) is 25.6 Å². The molecule has 48 heavy (non-hydrogen) atoms. The molecule has 0 radical (unpaired) electrons. The molecule has 0 bridgehead atoms. The molecule has 0 spiro atoms. The zero-order valence-corrected chi connectivity index (χ0v) is 26.3. The summed E-state index contributed by atoms with van der Waals surface area (Å²) in [6.45, 7) is 3.63. The predicted octanol–water partition coefficient (Wildman–Crippen LogP) is 3.70. The number of nitrogens with zero attached hydrogens (tertiary/aromatic N) is 1. The van der Waals surface area contributed by atoms with E-state index in [2.05, 4.69) is 10.6 Å². The Balaban J connectivity index is 1.54. The average molecular weight is 663 g/mol. The van der Waals surface area contributed by atoms with Crippen LogP contribution in [0, 0.1) is 5.92 Å². The van der Waals surface area contributed by atoms with Gasteiger partial charge in [-0.15, -0.1) is 0 Å². The van der Waals surface area contributed by atoms with Crippen LogP contribution in [0.4, 0.5) is 14.5 Å². The number of Topliss-reactive ketones (excluding diaryl/α,β-unsaturated/α-hetero) is 1. The van der Waals surface area contributed by atoms with Gasteiger partial charge in [0.2, 0.25) is 17.6 Å². The molecule has 11 nitrogen and oxygen atoms in total. The summed E-state index contributed by atoms with van der Waals surface area (Å²) in [4.78, 5) is 78.8. The molecule has 1 fully saturated rings. The van der Waals surface area contributed by atoms with E-state index in [1.807, 2.05) is 5.32 Å². The van der Waals surface area contributed by atoms with Crippen molar-refractivity contribution in [1.82, 2.24) is 15.5 Å². The first-order valence-corrected chi connectivity index (χ1v) is 15.4. The third-order valence-electron chi connectivity index (χ3n) is 7.97. The van der Waals surface area contributed by atoms with E-state index in [0.29, 0.717) is 17.5 Å². The van der Waals surface area contributed by atoms with Gasteiger partial charge in [0.05, 0.1) is 11.6 Å². The topological polar surface area (TPSA) is 162 Å². The summed E-state index contributed by atoms with van der Waals surface area (Å²) in [5.74, 6) is -12.1. The minimum Gasteiger partial charge on any atom is -0.478 e. The lowest BCUT2D eigenvalue weighted by molar-refractivity contribution is -0.157. The minimum atomic E-state index is -4.64. The van der Waals surface area contributed by atoms with Crippen molar-refractivity contribution in [1.29, 1.82) is 0 Å². The summed E-state index contributed by atoms with van der Waals surface area (Å²) < 4.78 is 30.9. The number of hydrogen-bond donors (Lipinski definition) is 4. The number of hydrogen-bond acceptors (Lipinski definition) is 6. The third-order valence-corrected chi connectivity index (χ3v) is 7.97. The van der Waals surface area contributed by atoms with Crippen LogP contribution in [0.5, 0.6) is 0 Å². The molecule has 3 atom stereocenters. The van der Waals surface area contributed by atoms with E-state index >= 15 is 8.78 Å². The van der Waals surface area contributed by atoms with Crippen LogP contribution in [0.2, 0.25) is 0 Å². The number of carbonyl (C=O) groups excluding carboxylic acids is 5. The number of alkyl halides is 2. The van der Waals surface area contributed by atoms with Crippen molar-refractivity contribution >= 4 is 41.1 Å². The highest BCUT2D eigenvalue weighted by Gasteiger charge is 2.51. The molecule has 0 saturated carbocycles. The molecule has 4 rings (SSSR count). The van der Waals surface area contributed by atoms with Gasteiger partial charge in [0, 0.05) is 24.2 Å². The maximum Gasteiger partial charge on any atom is 0.383 e. The molecule has 1 aliphatic rings. The van der Waals surface area contributed by atoms with E-state index in [-0.39, 0.29) is 36.6 Å². The number of amides is 4. The highest BCUT2D eigenvalue weighted by atomic mass is 19.3. The van der Waals surface area contributed by atoms with E-state index in [4.69, 9.17) is 0 Å². The van der Waals surface area contributed by atoms with Crippen molar-refractivity contribution in [2.45, 2.75) is 57.2 Å². The van der Waals surface area contributed by atoms with Gasteiger partial charge in [-0.3, -0.25) is 24.0 Å². The molecule has 252 valence electrons. The molecule has 0 aromatic heterocycles. The third kappa shape index (κ3) is 8.46. The Morgan fingerprint density at radius 1 is 0.875 bits per heavy atom. The second-order valence-electron chi connectivity index (χ2n) is 11.8. The number of rotatable bonds is 13. The van der Waals surface area contributed by atoms with Crippen molar-refractivity contribution in [3.05, 3.63) is 102 Å². The standard InChI is InChI=1S/C35H36F2N4O7/c1-21(2)28(40-30(43)23-13-7-4-8-14-23)32(45)41-18-10-17-27(41)31(44)39-26(19-22-11-5-3-6-12-22)29(42)35(36,37)34(48)38-25-16-9-15-24(20-25)33(46)47/h3-9,11-16,20-21,26-28H,10,17-19H2,1-2H3,(H,38,48)(H,39,44)(H,40,43)(H,46,47)/t26?,27-,28-/m0/s1. The van der Waals surface area contributed by atoms with Gasteiger partial charge in [-0.2, -0.15) is 8.78 Å². The maximum atomic E-state index is 15.5. The number of anilines is 1. The van der Waals surface area contributed by atoms with Gasteiger partial charge in [-0.25, -0.2) is 4.79 Å². The molecule has 1 aliphatic heterocycles. The van der Waals surface area contributed by atoms with Gasteiger partial charge in [0.1, 0.15) is 12.1 Å².